The van der Waals surface area contributed by atoms with Crippen LogP contribution in [0.1, 0.15) is 43.0 Å². The maximum atomic E-state index is 13.4. The zero-order valence-corrected chi connectivity index (χ0v) is 21.3. The molecule has 0 bridgehead atoms. The van der Waals surface area contributed by atoms with E-state index in [0.717, 1.165) is 12.0 Å². The van der Waals surface area contributed by atoms with Crippen molar-refractivity contribution in [3.8, 4) is 17.2 Å². The Hall–Kier alpha value is -4.33. The summed E-state index contributed by atoms with van der Waals surface area (Å²) in [5, 5.41) is 21.5. The first-order valence-corrected chi connectivity index (χ1v) is 12.6. The van der Waals surface area contributed by atoms with Gasteiger partial charge in [-0.25, -0.2) is 4.39 Å². The van der Waals surface area contributed by atoms with Crippen LogP contribution in [0.3, 0.4) is 0 Å². The predicted molar refractivity (Wildman–Crippen MR) is 141 cm³/mol. The van der Waals surface area contributed by atoms with Gasteiger partial charge in [0.1, 0.15) is 17.3 Å². The monoisotopic (exact) mass is 519 g/mol. The minimum atomic E-state index is -0.925. The zero-order valence-electron chi connectivity index (χ0n) is 21.3. The third-order valence-corrected chi connectivity index (χ3v) is 6.29. The van der Waals surface area contributed by atoms with Gasteiger partial charge in [-0.2, -0.15) is 0 Å². The molecule has 0 saturated carbocycles. The fourth-order valence-electron chi connectivity index (χ4n) is 4.41. The Balaban J connectivity index is 1.76. The van der Waals surface area contributed by atoms with Gasteiger partial charge in [-0.15, -0.1) is 0 Å². The molecule has 3 aromatic rings. The van der Waals surface area contributed by atoms with Crippen LogP contribution in [0.4, 0.5) is 4.39 Å². The van der Waals surface area contributed by atoms with Crippen molar-refractivity contribution in [2.75, 3.05) is 19.8 Å². The number of carbonyl (C=O) groups is 2. The lowest BCUT2D eigenvalue weighted by Gasteiger charge is -2.26. The predicted octanol–water partition coefficient (Wildman–Crippen LogP) is 5.38. The minimum Gasteiger partial charge on any atom is -0.507 e. The molecule has 1 unspecified atom stereocenters. The molecule has 4 rings (SSSR count). The summed E-state index contributed by atoms with van der Waals surface area (Å²) in [5.41, 5.74) is 1.58. The molecule has 2 N–H and O–H groups in total. The van der Waals surface area contributed by atoms with Crippen LogP contribution in [0.2, 0.25) is 0 Å². The van der Waals surface area contributed by atoms with Gasteiger partial charge in [-0.05, 0) is 79.4 Å². The maximum absolute atomic E-state index is 13.4. The molecule has 7 nitrogen and oxygen atoms in total. The molecular weight excluding hydrogens is 489 g/mol. The van der Waals surface area contributed by atoms with Crippen molar-refractivity contribution in [2.45, 2.75) is 32.7 Å². The Kier molecular flexibility index (Phi) is 8.31. The molecule has 0 spiro atoms. The number of ketones is 1. The summed E-state index contributed by atoms with van der Waals surface area (Å²) in [7, 11) is 0. The fraction of sp³-hybridized carbons (Fsp3) is 0.267. The smallest absolute Gasteiger partial charge is 0.295 e. The Morgan fingerprint density at radius 2 is 1.68 bits per heavy atom. The van der Waals surface area contributed by atoms with Crippen LogP contribution >= 0.6 is 0 Å². The lowest BCUT2D eigenvalue weighted by atomic mass is 9.94. The second-order valence-corrected chi connectivity index (χ2v) is 8.90. The van der Waals surface area contributed by atoms with Gasteiger partial charge in [0.2, 0.25) is 0 Å². The van der Waals surface area contributed by atoms with E-state index in [4.69, 9.17) is 9.47 Å². The zero-order chi connectivity index (χ0) is 27.2. The van der Waals surface area contributed by atoms with Crippen LogP contribution in [0.25, 0.3) is 5.76 Å². The van der Waals surface area contributed by atoms with Gasteiger partial charge in [0.25, 0.3) is 11.7 Å². The molecule has 0 aliphatic carbocycles. The van der Waals surface area contributed by atoms with E-state index < -0.39 is 17.7 Å². The standard InChI is InChI=1S/C30H30FNO6/c1-3-17-38-23-12-7-20(8-13-23)28(34)26-27(21-9-14-24(33)25(18-21)37-4-2)32(30(36)29(26)35)16-15-19-5-10-22(31)11-6-19/h5-14,18,27,33-34H,3-4,15-17H2,1-2H3/b28-26-. The largest absolute Gasteiger partial charge is 0.507 e. The number of benzene rings is 3. The van der Waals surface area contributed by atoms with Crippen LogP contribution < -0.4 is 9.47 Å². The summed E-state index contributed by atoms with van der Waals surface area (Å²) in [5.74, 6) is -1.51. The molecule has 1 atom stereocenters. The molecule has 3 aromatic carbocycles. The van der Waals surface area contributed by atoms with E-state index in [9.17, 15) is 24.2 Å². The fourth-order valence-corrected chi connectivity index (χ4v) is 4.41. The molecule has 1 saturated heterocycles. The van der Waals surface area contributed by atoms with Crippen molar-refractivity contribution in [1.29, 1.82) is 0 Å². The molecule has 1 aliphatic rings. The summed E-state index contributed by atoms with van der Waals surface area (Å²) in [6, 6.07) is 16.2. The van der Waals surface area contributed by atoms with Gasteiger partial charge in [0, 0.05) is 12.1 Å². The number of hydrogen-bond donors (Lipinski definition) is 2. The number of nitrogens with zero attached hydrogens (tertiary/aromatic N) is 1. The molecule has 0 aromatic heterocycles. The molecule has 1 heterocycles. The topological polar surface area (TPSA) is 96.3 Å². The Morgan fingerprint density at radius 3 is 2.34 bits per heavy atom. The van der Waals surface area contributed by atoms with Crippen LogP contribution in [0, 0.1) is 5.82 Å². The first-order chi connectivity index (χ1) is 18.3. The Bertz CT molecular complexity index is 1330. The summed E-state index contributed by atoms with van der Waals surface area (Å²) in [6.07, 6.45) is 1.21. The highest BCUT2D eigenvalue weighted by Crippen LogP contribution is 2.42. The maximum Gasteiger partial charge on any atom is 0.295 e. The number of phenols is 1. The van der Waals surface area contributed by atoms with E-state index in [1.165, 1.54) is 23.1 Å². The molecule has 8 heteroatoms. The number of hydrogen-bond acceptors (Lipinski definition) is 6. The normalized spacial score (nSPS) is 16.6. The molecular formula is C30H30FNO6. The second kappa shape index (κ2) is 11.8. The van der Waals surface area contributed by atoms with Gasteiger partial charge in [0.05, 0.1) is 24.8 Å². The number of aromatic hydroxyl groups is 1. The summed E-state index contributed by atoms with van der Waals surface area (Å²) >= 11 is 0. The SMILES string of the molecule is CCCOc1ccc(/C(O)=C2/C(=O)C(=O)N(CCc3ccc(F)cc3)C2c2ccc(O)c(OCC)c2)cc1. The highest BCUT2D eigenvalue weighted by atomic mass is 19.1. The van der Waals surface area contributed by atoms with E-state index in [-0.39, 0.29) is 35.2 Å². The first kappa shape index (κ1) is 26.7. The summed E-state index contributed by atoms with van der Waals surface area (Å²) < 4.78 is 24.5. The van der Waals surface area contributed by atoms with Crippen molar-refractivity contribution >= 4 is 17.4 Å². The lowest BCUT2D eigenvalue weighted by molar-refractivity contribution is -0.139. The van der Waals surface area contributed by atoms with Crippen LogP contribution in [-0.4, -0.2) is 46.6 Å². The van der Waals surface area contributed by atoms with E-state index in [1.54, 1.807) is 55.5 Å². The van der Waals surface area contributed by atoms with Gasteiger partial charge in [-0.1, -0.05) is 25.1 Å². The van der Waals surface area contributed by atoms with Crippen LogP contribution in [-0.2, 0) is 16.0 Å². The number of rotatable bonds is 10. The highest BCUT2D eigenvalue weighted by molar-refractivity contribution is 6.46. The minimum absolute atomic E-state index is 0.0653. The van der Waals surface area contributed by atoms with E-state index in [2.05, 4.69) is 0 Å². The number of carbonyl (C=O) groups excluding carboxylic acids is 2. The van der Waals surface area contributed by atoms with Gasteiger partial charge in [-0.3, -0.25) is 9.59 Å². The first-order valence-electron chi connectivity index (χ1n) is 12.6. The van der Waals surface area contributed by atoms with Crippen molar-refractivity contribution in [2.24, 2.45) is 0 Å². The average Bonchev–Trinajstić information content (AvgIpc) is 3.18. The van der Waals surface area contributed by atoms with Crippen molar-refractivity contribution in [1.82, 2.24) is 4.90 Å². The van der Waals surface area contributed by atoms with E-state index in [1.807, 2.05) is 6.92 Å². The molecule has 1 aliphatic heterocycles. The molecule has 1 amide bonds. The number of likely N-dealkylation sites (tertiary alicyclic amines) is 1. The van der Waals surface area contributed by atoms with Gasteiger partial charge in [0.15, 0.2) is 11.5 Å². The van der Waals surface area contributed by atoms with Crippen LogP contribution in [0.15, 0.2) is 72.3 Å². The molecule has 198 valence electrons. The number of amides is 1. The number of phenolic OH excluding ortho intramolecular Hbond substituents is 1. The van der Waals surface area contributed by atoms with Gasteiger partial charge < -0.3 is 24.6 Å². The average molecular weight is 520 g/mol. The molecule has 1 fully saturated rings. The number of ether oxygens (including phenoxy) is 2. The number of aliphatic hydroxyl groups excluding tert-OH is 1. The number of aliphatic hydroxyl groups is 1. The van der Waals surface area contributed by atoms with Crippen molar-refractivity contribution in [3.63, 3.8) is 0 Å². The summed E-state index contributed by atoms with van der Waals surface area (Å²) in [6.45, 7) is 4.76. The van der Waals surface area contributed by atoms with Crippen molar-refractivity contribution < 1.29 is 33.7 Å². The van der Waals surface area contributed by atoms with Crippen LogP contribution in [0.5, 0.6) is 17.2 Å². The third-order valence-electron chi connectivity index (χ3n) is 6.29. The second-order valence-electron chi connectivity index (χ2n) is 8.90. The number of halogens is 1. The Morgan fingerprint density at radius 1 is 0.974 bits per heavy atom. The Labute approximate surface area is 220 Å². The lowest BCUT2D eigenvalue weighted by Crippen LogP contribution is -2.31. The molecule has 38 heavy (non-hydrogen) atoms. The third kappa shape index (κ3) is 5.64. The quantitative estimate of drug-likeness (QED) is 0.212. The molecule has 0 radical (unpaired) electrons. The van der Waals surface area contributed by atoms with E-state index in [0.29, 0.717) is 36.5 Å². The highest BCUT2D eigenvalue weighted by Gasteiger charge is 2.46. The van der Waals surface area contributed by atoms with Gasteiger partial charge >= 0.3 is 0 Å². The van der Waals surface area contributed by atoms with E-state index >= 15 is 0 Å². The number of Topliss-reactive ketones (excluding diaryl/α,β-unsaturated/α-hetero) is 1. The van der Waals surface area contributed by atoms with Crippen molar-refractivity contribution in [3.05, 3.63) is 94.8 Å². The summed E-state index contributed by atoms with van der Waals surface area (Å²) in [4.78, 5) is 27.9.